The van der Waals surface area contributed by atoms with Crippen LogP contribution in [0.3, 0.4) is 0 Å². The fourth-order valence-corrected chi connectivity index (χ4v) is 3.21. The second-order valence-electron chi connectivity index (χ2n) is 8.36. The monoisotopic (exact) mass is 432 g/mol. The van der Waals surface area contributed by atoms with E-state index in [1.807, 2.05) is 25.3 Å². The van der Waals surface area contributed by atoms with Crippen molar-refractivity contribution in [2.75, 3.05) is 0 Å². The van der Waals surface area contributed by atoms with Crippen LogP contribution in [0.5, 0.6) is 0 Å². The lowest BCUT2D eigenvalue weighted by molar-refractivity contribution is -0.686. The highest BCUT2D eigenvalue weighted by molar-refractivity contribution is 6.26. The van der Waals surface area contributed by atoms with Gasteiger partial charge in [0.15, 0.2) is 5.78 Å². The van der Waals surface area contributed by atoms with Gasteiger partial charge in [0.1, 0.15) is 6.54 Å². The number of hydrogen-bond donors (Lipinski definition) is 0. The molecular formula is C21H25BrN2O3. The van der Waals surface area contributed by atoms with E-state index >= 15 is 0 Å². The molecule has 27 heavy (non-hydrogen) atoms. The number of Topliss-reactive ketones (excluding diaryl/α,β-unsaturated/α-hetero) is 1. The van der Waals surface area contributed by atoms with Gasteiger partial charge >= 0.3 is 0 Å². The number of halogens is 1. The van der Waals surface area contributed by atoms with E-state index in [1.54, 1.807) is 35.2 Å². The fourth-order valence-electron chi connectivity index (χ4n) is 3.21. The molecule has 0 amide bonds. The molecule has 1 heterocycles. The quantitative estimate of drug-likeness (QED) is 0.537. The van der Waals surface area contributed by atoms with Gasteiger partial charge in [0, 0.05) is 16.5 Å². The van der Waals surface area contributed by atoms with E-state index in [0.717, 1.165) is 0 Å². The highest BCUT2D eigenvalue weighted by atomic mass is 79.9. The van der Waals surface area contributed by atoms with Gasteiger partial charge in [-0.05, 0) is 5.92 Å². The van der Waals surface area contributed by atoms with Gasteiger partial charge in [-0.15, -0.1) is 0 Å². The first-order chi connectivity index (χ1) is 12.1. The average molecular weight is 433 g/mol. The minimum absolute atomic E-state index is 0. The van der Waals surface area contributed by atoms with Crippen LogP contribution in [-0.2, 0) is 17.9 Å². The zero-order valence-corrected chi connectivity index (χ0v) is 18.0. The lowest BCUT2D eigenvalue weighted by atomic mass is 9.89. The smallest absolute Gasteiger partial charge is 0.245 e. The highest BCUT2D eigenvalue weighted by Gasteiger charge is 2.41. The standard InChI is InChI=1S/C21H25N2O3.BrH/c1-13(2)10-22-12-23(11-16(24)21(3,4)5)18-17(22)19(25)14-8-6-7-9-15(14)20(18)26;/h6-9,12-13H,10-11H2,1-5H3;1H/q+1;/p-1. The molecule has 0 spiro atoms. The lowest BCUT2D eigenvalue weighted by Gasteiger charge is -2.16. The van der Waals surface area contributed by atoms with Crippen molar-refractivity contribution in [3.63, 3.8) is 0 Å². The lowest BCUT2D eigenvalue weighted by Crippen LogP contribution is -3.00. The van der Waals surface area contributed by atoms with Crippen LogP contribution in [0.4, 0.5) is 0 Å². The van der Waals surface area contributed by atoms with Gasteiger partial charge in [0.2, 0.25) is 29.3 Å². The van der Waals surface area contributed by atoms with Gasteiger partial charge in [0.05, 0.1) is 6.54 Å². The molecule has 0 unspecified atom stereocenters. The summed E-state index contributed by atoms with van der Waals surface area (Å²) in [5.74, 6) is -0.0262. The van der Waals surface area contributed by atoms with Crippen LogP contribution in [0.15, 0.2) is 30.6 Å². The van der Waals surface area contributed by atoms with E-state index in [1.165, 1.54) is 0 Å². The molecule has 0 fully saturated rings. The van der Waals surface area contributed by atoms with E-state index in [9.17, 15) is 14.4 Å². The van der Waals surface area contributed by atoms with Gasteiger partial charge in [-0.1, -0.05) is 58.9 Å². The molecule has 0 N–H and O–H groups in total. The Hall–Kier alpha value is -2.08. The molecular weight excluding hydrogens is 408 g/mol. The Kier molecular flexibility index (Phi) is 5.90. The number of rotatable bonds is 4. The predicted octanol–water partition coefficient (Wildman–Crippen LogP) is -0.174. The van der Waals surface area contributed by atoms with E-state index in [2.05, 4.69) is 13.8 Å². The summed E-state index contributed by atoms with van der Waals surface area (Å²) in [6, 6.07) is 6.89. The number of ketones is 3. The van der Waals surface area contributed by atoms with E-state index < -0.39 is 5.41 Å². The molecule has 6 heteroatoms. The number of hydrogen-bond acceptors (Lipinski definition) is 3. The summed E-state index contributed by atoms with van der Waals surface area (Å²) in [7, 11) is 0. The molecule has 1 aromatic carbocycles. The van der Waals surface area contributed by atoms with Gasteiger partial charge < -0.3 is 17.0 Å². The largest absolute Gasteiger partial charge is 1.00 e. The van der Waals surface area contributed by atoms with Crippen molar-refractivity contribution >= 4 is 17.3 Å². The van der Waals surface area contributed by atoms with Gasteiger partial charge in [-0.3, -0.25) is 14.4 Å². The van der Waals surface area contributed by atoms with Crippen molar-refractivity contribution < 1.29 is 35.9 Å². The molecule has 0 bridgehead atoms. The van der Waals surface area contributed by atoms with Crippen molar-refractivity contribution in [3.05, 3.63) is 53.1 Å². The number of fused-ring (bicyclic) bond motifs is 2. The SMILES string of the molecule is CC(C)Cn1c[n+](CC(=O)C(C)(C)C)c2c1C(=O)c1ccccc1C2=O.[Br-]. The third-order valence-corrected chi connectivity index (χ3v) is 4.64. The summed E-state index contributed by atoms with van der Waals surface area (Å²) in [5.41, 5.74) is 1.04. The molecule has 0 saturated heterocycles. The molecule has 1 aromatic heterocycles. The summed E-state index contributed by atoms with van der Waals surface area (Å²) < 4.78 is 3.48. The van der Waals surface area contributed by atoms with Gasteiger partial charge in [-0.2, -0.15) is 0 Å². The Morgan fingerprint density at radius 2 is 1.63 bits per heavy atom. The summed E-state index contributed by atoms with van der Waals surface area (Å²) >= 11 is 0. The van der Waals surface area contributed by atoms with Crippen molar-refractivity contribution in [3.8, 4) is 0 Å². The number of nitrogens with zero attached hydrogens (tertiary/aromatic N) is 2. The number of benzene rings is 1. The Morgan fingerprint density at radius 1 is 1.07 bits per heavy atom. The minimum Gasteiger partial charge on any atom is -1.00 e. The normalized spacial score (nSPS) is 13.3. The molecule has 5 nitrogen and oxygen atoms in total. The maximum absolute atomic E-state index is 13.1. The van der Waals surface area contributed by atoms with Gasteiger partial charge in [0.25, 0.3) is 0 Å². The Morgan fingerprint density at radius 3 is 2.15 bits per heavy atom. The first-order valence-electron chi connectivity index (χ1n) is 8.95. The van der Waals surface area contributed by atoms with Crippen LogP contribution in [-0.4, -0.2) is 21.9 Å². The van der Waals surface area contributed by atoms with E-state index in [4.69, 9.17) is 0 Å². The first kappa shape index (κ1) is 21.2. The van der Waals surface area contributed by atoms with Crippen molar-refractivity contribution in [1.82, 2.24) is 4.57 Å². The molecule has 2 aromatic rings. The fraction of sp³-hybridized carbons (Fsp3) is 0.429. The molecule has 1 aliphatic rings. The van der Waals surface area contributed by atoms with E-state index in [-0.39, 0.29) is 40.9 Å². The van der Waals surface area contributed by atoms with Crippen molar-refractivity contribution in [2.24, 2.45) is 11.3 Å². The topological polar surface area (TPSA) is 60.0 Å². The molecule has 1 aliphatic carbocycles. The number of aromatic nitrogens is 2. The summed E-state index contributed by atoms with van der Waals surface area (Å²) in [6.07, 6.45) is 1.75. The molecule has 0 radical (unpaired) electrons. The van der Waals surface area contributed by atoms with Crippen LogP contribution in [0.25, 0.3) is 0 Å². The summed E-state index contributed by atoms with van der Waals surface area (Å²) in [4.78, 5) is 38.7. The van der Waals surface area contributed by atoms with Crippen molar-refractivity contribution in [1.29, 1.82) is 0 Å². The van der Waals surface area contributed by atoms with Crippen LogP contribution < -0.4 is 21.5 Å². The Bertz CT molecular complexity index is 920. The summed E-state index contributed by atoms with van der Waals surface area (Å²) in [5, 5.41) is 0. The second-order valence-corrected chi connectivity index (χ2v) is 8.36. The average Bonchev–Trinajstić information content (AvgIpc) is 2.89. The zero-order chi connectivity index (χ0) is 19.2. The molecule has 0 atom stereocenters. The summed E-state index contributed by atoms with van der Waals surface area (Å²) in [6.45, 7) is 10.4. The third kappa shape index (κ3) is 3.81. The van der Waals surface area contributed by atoms with E-state index in [0.29, 0.717) is 35.0 Å². The Balaban J connectivity index is 0.00000261. The van der Waals surface area contributed by atoms with Crippen LogP contribution >= 0.6 is 0 Å². The number of imidazole rings is 1. The maximum Gasteiger partial charge on any atom is 0.245 e. The third-order valence-electron chi connectivity index (χ3n) is 4.64. The minimum atomic E-state index is -0.514. The first-order valence-corrected chi connectivity index (χ1v) is 8.95. The highest BCUT2D eigenvalue weighted by Crippen LogP contribution is 2.26. The number of carbonyl (C=O) groups excluding carboxylic acids is 3. The van der Waals surface area contributed by atoms with Crippen LogP contribution in [0.2, 0.25) is 0 Å². The second kappa shape index (κ2) is 7.50. The zero-order valence-electron chi connectivity index (χ0n) is 16.4. The number of carbonyl (C=O) groups is 3. The van der Waals surface area contributed by atoms with Gasteiger partial charge in [-0.25, -0.2) is 9.13 Å². The van der Waals surface area contributed by atoms with Crippen LogP contribution in [0.1, 0.15) is 66.7 Å². The molecule has 0 saturated carbocycles. The maximum atomic E-state index is 13.1. The van der Waals surface area contributed by atoms with Crippen LogP contribution in [0, 0.1) is 11.3 Å². The Labute approximate surface area is 170 Å². The predicted molar refractivity (Wildman–Crippen MR) is 97.2 cm³/mol. The van der Waals surface area contributed by atoms with Crippen molar-refractivity contribution in [2.45, 2.75) is 47.7 Å². The molecule has 0 aliphatic heterocycles. The molecule has 3 rings (SSSR count). The molecule has 144 valence electrons.